The Hall–Kier alpha value is -0.0800. The molecular weight excluding hydrogens is 164 g/mol. The maximum Gasteiger partial charge on any atom is 0.0938 e. The second kappa shape index (κ2) is 2.71. The van der Waals surface area contributed by atoms with Crippen LogP contribution in [-0.2, 0) is 0 Å². The van der Waals surface area contributed by atoms with Crippen molar-refractivity contribution >= 4 is 0 Å². The van der Waals surface area contributed by atoms with Gasteiger partial charge in [-0.2, -0.15) is 0 Å². The summed E-state index contributed by atoms with van der Waals surface area (Å²) in [6, 6.07) is 0. The van der Waals surface area contributed by atoms with Gasteiger partial charge in [0.25, 0.3) is 0 Å². The molecule has 0 radical (unpaired) electrons. The molecule has 0 aromatic carbocycles. The highest BCUT2D eigenvalue weighted by Crippen LogP contribution is 2.54. The summed E-state index contributed by atoms with van der Waals surface area (Å²) < 4.78 is 0. The Kier molecular flexibility index (Phi) is 1.97. The van der Waals surface area contributed by atoms with Gasteiger partial charge in [-0.15, -0.1) is 0 Å². The summed E-state index contributed by atoms with van der Waals surface area (Å²) in [6.07, 6.45) is 4.29. The highest BCUT2D eigenvalue weighted by atomic mass is 16.4. The first-order chi connectivity index (χ1) is 5.97. The van der Waals surface area contributed by atoms with Crippen molar-refractivity contribution in [2.45, 2.75) is 57.2 Å². The van der Waals surface area contributed by atoms with Crippen molar-refractivity contribution in [1.29, 1.82) is 0 Å². The van der Waals surface area contributed by atoms with Gasteiger partial charge in [0.15, 0.2) is 0 Å². The molecule has 2 rings (SSSR count). The van der Waals surface area contributed by atoms with Gasteiger partial charge < -0.3 is 10.2 Å². The fraction of sp³-hybridized carbons (Fsp3) is 1.00. The maximum absolute atomic E-state index is 10.2. The van der Waals surface area contributed by atoms with E-state index in [1.54, 1.807) is 0 Å². The molecule has 0 amide bonds. The molecule has 2 saturated carbocycles. The zero-order chi connectivity index (χ0) is 9.69. The number of aliphatic hydroxyl groups is 2. The van der Waals surface area contributed by atoms with Crippen molar-refractivity contribution in [3.63, 3.8) is 0 Å². The molecule has 2 fully saturated rings. The smallest absolute Gasteiger partial charge is 0.0938 e. The lowest BCUT2D eigenvalue weighted by Gasteiger charge is -2.58. The van der Waals surface area contributed by atoms with Gasteiger partial charge in [0.05, 0.1) is 11.2 Å². The molecule has 2 heteroatoms. The lowest BCUT2D eigenvalue weighted by atomic mass is 9.54. The molecule has 0 heterocycles. The molecule has 76 valence electrons. The van der Waals surface area contributed by atoms with Gasteiger partial charge in [-0.1, -0.05) is 13.8 Å². The molecule has 2 aliphatic carbocycles. The zero-order valence-electron chi connectivity index (χ0n) is 8.58. The Morgan fingerprint density at radius 3 is 1.92 bits per heavy atom. The lowest BCUT2D eigenvalue weighted by molar-refractivity contribution is -0.245. The van der Waals surface area contributed by atoms with E-state index >= 15 is 0 Å². The first-order valence-electron chi connectivity index (χ1n) is 5.42. The SMILES string of the molecule is CC(C)C1CC(O)(C2(O)CCC2)C1. The fourth-order valence-corrected chi connectivity index (χ4v) is 2.64. The van der Waals surface area contributed by atoms with E-state index in [0.29, 0.717) is 11.8 Å². The average Bonchev–Trinajstić information content (AvgIpc) is 1.93. The Morgan fingerprint density at radius 1 is 1.08 bits per heavy atom. The van der Waals surface area contributed by atoms with E-state index in [0.717, 1.165) is 32.1 Å². The Labute approximate surface area is 80.0 Å². The van der Waals surface area contributed by atoms with E-state index in [-0.39, 0.29) is 0 Å². The number of hydrogen-bond donors (Lipinski definition) is 2. The van der Waals surface area contributed by atoms with Crippen LogP contribution in [0.15, 0.2) is 0 Å². The molecule has 0 unspecified atom stereocenters. The van der Waals surface area contributed by atoms with Crippen molar-refractivity contribution in [1.82, 2.24) is 0 Å². The van der Waals surface area contributed by atoms with Crippen molar-refractivity contribution < 1.29 is 10.2 Å². The largest absolute Gasteiger partial charge is 0.387 e. The van der Waals surface area contributed by atoms with Gasteiger partial charge in [-0.05, 0) is 43.9 Å². The minimum Gasteiger partial charge on any atom is -0.387 e. The first kappa shape index (κ1) is 9.47. The van der Waals surface area contributed by atoms with Gasteiger partial charge in [-0.25, -0.2) is 0 Å². The molecule has 13 heavy (non-hydrogen) atoms. The monoisotopic (exact) mass is 184 g/mol. The third-order valence-corrected chi connectivity index (χ3v) is 4.19. The van der Waals surface area contributed by atoms with Gasteiger partial charge in [0, 0.05) is 0 Å². The molecule has 0 atom stereocenters. The predicted molar refractivity (Wildman–Crippen MR) is 51.3 cm³/mol. The summed E-state index contributed by atoms with van der Waals surface area (Å²) in [4.78, 5) is 0. The summed E-state index contributed by atoms with van der Waals surface area (Å²) in [5.41, 5.74) is -1.46. The number of hydrogen-bond acceptors (Lipinski definition) is 2. The molecule has 0 aromatic heterocycles. The van der Waals surface area contributed by atoms with Gasteiger partial charge >= 0.3 is 0 Å². The molecule has 2 aliphatic rings. The summed E-state index contributed by atoms with van der Waals surface area (Å²) >= 11 is 0. The first-order valence-corrected chi connectivity index (χ1v) is 5.42. The summed E-state index contributed by atoms with van der Waals surface area (Å²) in [5, 5.41) is 20.2. The van der Waals surface area contributed by atoms with Crippen LogP contribution in [0, 0.1) is 11.8 Å². The Balaban J connectivity index is 1.95. The lowest BCUT2D eigenvalue weighted by Crippen LogP contribution is -2.65. The second-order valence-electron chi connectivity index (χ2n) is 5.33. The normalized spacial score (nSPS) is 42.7. The van der Waals surface area contributed by atoms with Crippen LogP contribution in [0.2, 0.25) is 0 Å². The summed E-state index contributed by atoms with van der Waals surface area (Å²) in [6.45, 7) is 4.38. The summed E-state index contributed by atoms with van der Waals surface area (Å²) in [7, 11) is 0. The third kappa shape index (κ3) is 1.23. The van der Waals surface area contributed by atoms with E-state index in [9.17, 15) is 10.2 Å². The van der Waals surface area contributed by atoms with Crippen LogP contribution in [0.4, 0.5) is 0 Å². The molecule has 0 bridgehead atoms. The molecule has 0 aromatic rings. The van der Waals surface area contributed by atoms with Gasteiger partial charge in [0.1, 0.15) is 0 Å². The van der Waals surface area contributed by atoms with E-state index in [2.05, 4.69) is 13.8 Å². The van der Waals surface area contributed by atoms with Gasteiger partial charge in [0.2, 0.25) is 0 Å². The van der Waals surface area contributed by atoms with Crippen LogP contribution in [0.3, 0.4) is 0 Å². The van der Waals surface area contributed by atoms with Crippen LogP contribution in [0.25, 0.3) is 0 Å². The minimum absolute atomic E-state index is 0.620. The maximum atomic E-state index is 10.2. The van der Waals surface area contributed by atoms with E-state index in [4.69, 9.17) is 0 Å². The second-order valence-corrected chi connectivity index (χ2v) is 5.33. The van der Waals surface area contributed by atoms with Crippen LogP contribution < -0.4 is 0 Å². The van der Waals surface area contributed by atoms with E-state index in [1.165, 1.54) is 0 Å². The highest BCUT2D eigenvalue weighted by Gasteiger charge is 2.59. The fourth-order valence-electron chi connectivity index (χ4n) is 2.64. The van der Waals surface area contributed by atoms with Crippen molar-refractivity contribution in [3.05, 3.63) is 0 Å². The van der Waals surface area contributed by atoms with Crippen LogP contribution >= 0.6 is 0 Å². The summed E-state index contributed by atoms with van der Waals surface area (Å²) in [5.74, 6) is 1.26. The minimum atomic E-state index is -0.736. The van der Waals surface area contributed by atoms with E-state index in [1.807, 2.05) is 0 Å². The standard InChI is InChI=1S/C11H20O2/c1-8(2)9-6-11(13,7-9)10(12)4-3-5-10/h8-9,12-13H,3-7H2,1-2H3. The van der Waals surface area contributed by atoms with Crippen LogP contribution in [0.5, 0.6) is 0 Å². The van der Waals surface area contributed by atoms with Crippen molar-refractivity contribution in [2.75, 3.05) is 0 Å². The van der Waals surface area contributed by atoms with Crippen LogP contribution in [-0.4, -0.2) is 21.4 Å². The molecular formula is C11H20O2. The topological polar surface area (TPSA) is 40.5 Å². The molecule has 2 N–H and O–H groups in total. The van der Waals surface area contributed by atoms with Crippen molar-refractivity contribution in [3.8, 4) is 0 Å². The predicted octanol–water partition coefficient (Wildman–Crippen LogP) is 1.70. The Bertz CT molecular complexity index is 200. The van der Waals surface area contributed by atoms with Crippen molar-refractivity contribution in [2.24, 2.45) is 11.8 Å². The molecule has 0 saturated heterocycles. The third-order valence-electron chi connectivity index (χ3n) is 4.19. The zero-order valence-corrected chi connectivity index (χ0v) is 8.58. The van der Waals surface area contributed by atoms with E-state index < -0.39 is 11.2 Å². The average molecular weight is 184 g/mol. The number of rotatable bonds is 2. The van der Waals surface area contributed by atoms with Gasteiger partial charge in [-0.3, -0.25) is 0 Å². The molecule has 0 aliphatic heterocycles. The molecule has 2 nitrogen and oxygen atoms in total. The molecule has 0 spiro atoms. The quantitative estimate of drug-likeness (QED) is 0.685. The van der Waals surface area contributed by atoms with Crippen LogP contribution in [0.1, 0.15) is 46.0 Å². The highest BCUT2D eigenvalue weighted by molar-refractivity contribution is 5.11. The Morgan fingerprint density at radius 2 is 1.62 bits per heavy atom.